The van der Waals surface area contributed by atoms with Gasteiger partial charge in [0.25, 0.3) is 0 Å². The van der Waals surface area contributed by atoms with E-state index in [9.17, 15) is 4.79 Å². The van der Waals surface area contributed by atoms with E-state index in [4.69, 9.17) is 9.84 Å². The van der Waals surface area contributed by atoms with E-state index in [-0.39, 0.29) is 6.42 Å². The molecule has 3 heteroatoms. The fraction of sp³-hybridized carbons (Fsp3) is 0.174. The van der Waals surface area contributed by atoms with Crippen molar-refractivity contribution < 1.29 is 14.6 Å². The average molecular weight is 346 g/mol. The lowest BCUT2D eigenvalue weighted by Gasteiger charge is -2.15. The molecule has 0 aliphatic rings. The van der Waals surface area contributed by atoms with Crippen LogP contribution < -0.4 is 4.74 Å². The van der Waals surface area contributed by atoms with Gasteiger partial charge < -0.3 is 9.84 Å². The highest BCUT2D eigenvalue weighted by Crippen LogP contribution is 2.34. The monoisotopic (exact) mass is 346 g/mol. The summed E-state index contributed by atoms with van der Waals surface area (Å²) in [6.45, 7) is 4.57. The van der Waals surface area contributed by atoms with Crippen molar-refractivity contribution in [3.05, 3.63) is 89.0 Å². The zero-order chi connectivity index (χ0) is 18.5. The average Bonchev–Trinajstić information content (AvgIpc) is 2.63. The molecule has 0 bridgehead atoms. The molecule has 1 N–H and O–H groups in total. The van der Waals surface area contributed by atoms with E-state index in [1.54, 1.807) is 0 Å². The summed E-state index contributed by atoms with van der Waals surface area (Å²) in [6, 6.07) is 21.9. The third kappa shape index (κ3) is 4.31. The first-order chi connectivity index (χ1) is 12.5. The van der Waals surface area contributed by atoms with Crippen molar-refractivity contribution in [3.8, 4) is 16.9 Å². The number of rotatable bonds is 6. The van der Waals surface area contributed by atoms with Crippen LogP contribution in [0.3, 0.4) is 0 Å². The van der Waals surface area contributed by atoms with Crippen molar-refractivity contribution in [3.63, 3.8) is 0 Å². The molecule has 0 saturated carbocycles. The molecule has 132 valence electrons. The third-order valence-corrected chi connectivity index (χ3v) is 4.32. The molecule has 3 aromatic carbocycles. The van der Waals surface area contributed by atoms with Crippen LogP contribution in [0.1, 0.15) is 22.3 Å². The van der Waals surface area contributed by atoms with Crippen LogP contribution in [0.15, 0.2) is 66.7 Å². The second-order valence-electron chi connectivity index (χ2n) is 6.49. The SMILES string of the molecule is Cc1ccc(C)c(-c2cc(CC(=O)O)ccc2OCc2ccccc2)c1. The number of hydrogen-bond acceptors (Lipinski definition) is 2. The van der Waals surface area contributed by atoms with Crippen LogP contribution in [0.2, 0.25) is 0 Å². The molecule has 3 rings (SSSR count). The Morgan fingerprint density at radius 1 is 0.885 bits per heavy atom. The summed E-state index contributed by atoms with van der Waals surface area (Å²) < 4.78 is 6.09. The Balaban J connectivity index is 1.99. The molecule has 3 nitrogen and oxygen atoms in total. The molecule has 0 radical (unpaired) electrons. The van der Waals surface area contributed by atoms with Crippen molar-refractivity contribution in [1.82, 2.24) is 0 Å². The van der Waals surface area contributed by atoms with Crippen LogP contribution in [-0.2, 0) is 17.8 Å². The van der Waals surface area contributed by atoms with Gasteiger partial charge in [0.15, 0.2) is 0 Å². The molecule has 0 unspecified atom stereocenters. The molecule has 0 atom stereocenters. The van der Waals surface area contributed by atoms with Crippen LogP contribution in [0.4, 0.5) is 0 Å². The van der Waals surface area contributed by atoms with Crippen molar-refractivity contribution in [2.75, 3.05) is 0 Å². The van der Waals surface area contributed by atoms with Gasteiger partial charge in [0.05, 0.1) is 6.42 Å². The van der Waals surface area contributed by atoms with E-state index in [1.165, 1.54) is 0 Å². The summed E-state index contributed by atoms with van der Waals surface area (Å²) in [5, 5.41) is 9.12. The zero-order valence-corrected chi connectivity index (χ0v) is 15.0. The fourth-order valence-corrected chi connectivity index (χ4v) is 2.96. The molecule has 0 amide bonds. The highest BCUT2D eigenvalue weighted by Gasteiger charge is 2.12. The first-order valence-corrected chi connectivity index (χ1v) is 8.62. The molecular weight excluding hydrogens is 324 g/mol. The molecule has 0 aromatic heterocycles. The topological polar surface area (TPSA) is 46.5 Å². The number of carboxylic acid groups (broad SMARTS) is 1. The lowest BCUT2D eigenvalue weighted by Crippen LogP contribution is -2.02. The van der Waals surface area contributed by atoms with Gasteiger partial charge in [-0.05, 0) is 48.2 Å². The van der Waals surface area contributed by atoms with E-state index in [1.807, 2.05) is 48.5 Å². The van der Waals surface area contributed by atoms with Crippen molar-refractivity contribution >= 4 is 5.97 Å². The van der Waals surface area contributed by atoms with Crippen molar-refractivity contribution in [2.24, 2.45) is 0 Å². The molecule has 0 heterocycles. The van der Waals surface area contributed by atoms with Crippen LogP contribution in [0.25, 0.3) is 11.1 Å². The normalized spacial score (nSPS) is 10.5. The molecule has 0 aliphatic carbocycles. The molecule has 3 aromatic rings. The highest BCUT2D eigenvalue weighted by atomic mass is 16.5. The third-order valence-electron chi connectivity index (χ3n) is 4.32. The van der Waals surface area contributed by atoms with Crippen LogP contribution in [0, 0.1) is 13.8 Å². The maximum atomic E-state index is 11.1. The van der Waals surface area contributed by atoms with Crippen LogP contribution in [0.5, 0.6) is 5.75 Å². The molecule has 0 spiro atoms. The number of carboxylic acids is 1. The minimum absolute atomic E-state index is 0.00315. The molecule has 0 saturated heterocycles. The predicted octanol–water partition coefficient (Wildman–Crippen LogP) is 5.18. The van der Waals surface area contributed by atoms with Crippen LogP contribution in [-0.4, -0.2) is 11.1 Å². The first-order valence-electron chi connectivity index (χ1n) is 8.62. The maximum Gasteiger partial charge on any atom is 0.307 e. The number of carbonyl (C=O) groups is 1. The second kappa shape index (κ2) is 7.87. The van der Waals surface area contributed by atoms with Gasteiger partial charge in [-0.1, -0.05) is 60.2 Å². The first kappa shape index (κ1) is 17.7. The number of aryl methyl sites for hydroxylation is 2. The van der Waals surface area contributed by atoms with E-state index in [0.717, 1.165) is 39.1 Å². The van der Waals surface area contributed by atoms with Gasteiger partial charge in [0, 0.05) is 5.56 Å². The number of ether oxygens (including phenoxy) is 1. The Morgan fingerprint density at radius 3 is 2.38 bits per heavy atom. The molecular formula is C23H22O3. The number of aliphatic carboxylic acids is 1. The maximum absolute atomic E-state index is 11.1. The Labute approximate surface area is 153 Å². The molecule has 0 fully saturated rings. The van der Waals surface area contributed by atoms with Gasteiger partial charge in [0.1, 0.15) is 12.4 Å². The van der Waals surface area contributed by atoms with E-state index in [2.05, 4.69) is 32.0 Å². The fourth-order valence-electron chi connectivity index (χ4n) is 2.96. The van der Waals surface area contributed by atoms with Gasteiger partial charge in [-0.2, -0.15) is 0 Å². The van der Waals surface area contributed by atoms with Gasteiger partial charge >= 0.3 is 5.97 Å². The van der Waals surface area contributed by atoms with E-state index < -0.39 is 5.97 Å². The summed E-state index contributed by atoms with van der Waals surface area (Å²) >= 11 is 0. The smallest absolute Gasteiger partial charge is 0.307 e. The number of benzene rings is 3. The summed E-state index contributed by atoms with van der Waals surface area (Å²) in [6.07, 6.45) is -0.00315. The second-order valence-corrected chi connectivity index (χ2v) is 6.49. The summed E-state index contributed by atoms with van der Waals surface area (Å²) in [7, 11) is 0. The Hall–Kier alpha value is -3.07. The summed E-state index contributed by atoms with van der Waals surface area (Å²) in [5.41, 5.74) is 6.14. The number of hydrogen-bond donors (Lipinski definition) is 1. The van der Waals surface area contributed by atoms with Crippen molar-refractivity contribution in [2.45, 2.75) is 26.9 Å². The quantitative estimate of drug-likeness (QED) is 0.669. The van der Waals surface area contributed by atoms with E-state index >= 15 is 0 Å². The van der Waals surface area contributed by atoms with Gasteiger partial charge in [-0.3, -0.25) is 4.79 Å². The predicted molar refractivity (Wildman–Crippen MR) is 103 cm³/mol. The Bertz CT molecular complexity index is 914. The highest BCUT2D eigenvalue weighted by molar-refractivity contribution is 5.77. The lowest BCUT2D eigenvalue weighted by molar-refractivity contribution is -0.136. The standard InChI is InChI=1S/C23H22O3/c1-16-8-9-17(2)20(12-16)21-13-19(14-23(24)25)10-11-22(21)26-15-18-6-4-3-5-7-18/h3-13H,14-15H2,1-2H3,(H,24,25). The lowest BCUT2D eigenvalue weighted by atomic mass is 9.95. The zero-order valence-electron chi connectivity index (χ0n) is 15.0. The van der Waals surface area contributed by atoms with E-state index in [0.29, 0.717) is 6.61 Å². The molecule has 0 aliphatic heterocycles. The van der Waals surface area contributed by atoms with Crippen LogP contribution >= 0.6 is 0 Å². The van der Waals surface area contributed by atoms with Gasteiger partial charge in [-0.15, -0.1) is 0 Å². The minimum atomic E-state index is -0.838. The van der Waals surface area contributed by atoms with Gasteiger partial charge in [-0.25, -0.2) is 0 Å². The van der Waals surface area contributed by atoms with Crippen molar-refractivity contribution in [1.29, 1.82) is 0 Å². The minimum Gasteiger partial charge on any atom is -0.488 e. The molecule has 26 heavy (non-hydrogen) atoms. The Kier molecular flexibility index (Phi) is 5.37. The van der Waals surface area contributed by atoms with Gasteiger partial charge in [0.2, 0.25) is 0 Å². The largest absolute Gasteiger partial charge is 0.488 e. The Morgan fingerprint density at radius 2 is 1.65 bits per heavy atom. The summed E-state index contributed by atoms with van der Waals surface area (Å²) in [4.78, 5) is 11.1. The summed E-state index contributed by atoms with van der Waals surface area (Å²) in [5.74, 6) is -0.0773.